The number of hydrogen-bond donors (Lipinski definition) is 0. The average Bonchev–Trinajstić information content (AvgIpc) is 3.19. The van der Waals surface area contributed by atoms with Crippen molar-refractivity contribution in [2.45, 2.75) is 31.7 Å². The first-order valence-corrected chi connectivity index (χ1v) is 10.4. The second-order valence-corrected chi connectivity index (χ2v) is 7.83. The van der Waals surface area contributed by atoms with Crippen LogP contribution in [0.5, 0.6) is 0 Å². The summed E-state index contributed by atoms with van der Waals surface area (Å²) in [6.45, 7) is 4.21. The topological polar surface area (TPSA) is 58.8 Å². The van der Waals surface area contributed by atoms with Crippen molar-refractivity contribution in [2.75, 3.05) is 39.4 Å². The maximum atomic E-state index is 12.9. The summed E-state index contributed by atoms with van der Waals surface area (Å²) in [6.07, 6.45) is 5.35. The Morgan fingerprint density at radius 2 is 2.00 bits per heavy atom. The second kappa shape index (κ2) is 9.07. The highest BCUT2D eigenvalue weighted by molar-refractivity contribution is 6.31. The summed E-state index contributed by atoms with van der Waals surface area (Å²) < 4.78 is 11.4. The van der Waals surface area contributed by atoms with E-state index in [1.165, 1.54) is 0 Å². The van der Waals surface area contributed by atoms with Crippen molar-refractivity contribution in [1.82, 2.24) is 14.8 Å². The second-order valence-electron chi connectivity index (χ2n) is 7.42. The number of hydrogen-bond acceptors (Lipinski definition) is 5. The maximum absolute atomic E-state index is 12.9. The van der Waals surface area contributed by atoms with Crippen molar-refractivity contribution in [3.63, 3.8) is 0 Å². The molecule has 28 heavy (non-hydrogen) atoms. The summed E-state index contributed by atoms with van der Waals surface area (Å²) in [5.41, 5.74) is 1.01. The smallest absolute Gasteiger partial charge is 0.237 e. The van der Waals surface area contributed by atoms with Gasteiger partial charge in [-0.25, -0.2) is 4.98 Å². The monoisotopic (exact) mass is 403 g/mol. The lowest BCUT2D eigenvalue weighted by Crippen LogP contribution is -2.47. The Balaban J connectivity index is 1.44. The molecule has 6 nitrogen and oxygen atoms in total. The van der Waals surface area contributed by atoms with Gasteiger partial charge in [-0.3, -0.25) is 9.69 Å². The molecule has 0 saturated carbocycles. The highest BCUT2D eigenvalue weighted by atomic mass is 35.5. The zero-order valence-corrected chi connectivity index (χ0v) is 16.7. The van der Waals surface area contributed by atoms with Gasteiger partial charge in [0.05, 0.1) is 26.0 Å². The zero-order chi connectivity index (χ0) is 19.3. The molecule has 1 amide bonds. The number of oxazole rings is 1. The van der Waals surface area contributed by atoms with Gasteiger partial charge in [0.15, 0.2) is 0 Å². The number of halogens is 1. The number of carbonyl (C=O) groups excluding carboxylic acids is 1. The van der Waals surface area contributed by atoms with Gasteiger partial charge in [-0.15, -0.1) is 0 Å². The standard InChI is InChI=1S/C21H26ClN3O3/c22-18-6-2-1-5-16(18)13-17-14-23-21(28-17)19-7-3-4-8-25(19)20(26)15-24-9-11-27-12-10-24/h1-2,5-6,14,19H,3-4,7-13,15H2/t19-/m1/s1. The number of amides is 1. The molecule has 1 aromatic heterocycles. The number of carbonyl (C=O) groups is 1. The molecule has 0 aliphatic carbocycles. The Morgan fingerprint density at radius 3 is 2.82 bits per heavy atom. The minimum atomic E-state index is -0.0812. The van der Waals surface area contributed by atoms with Crippen LogP contribution in [-0.2, 0) is 16.0 Å². The number of ether oxygens (including phenoxy) is 1. The molecule has 2 aromatic rings. The molecule has 0 bridgehead atoms. The molecule has 1 atom stereocenters. The van der Waals surface area contributed by atoms with Crippen LogP contribution in [-0.4, -0.2) is 60.1 Å². The number of benzene rings is 1. The molecule has 150 valence electrons. The predicted molar refractivity (Wildman–Crippen MR) is 106 cm³/mol. The minimum Gasteiger partial charge on any atom is -0.443 e. The van der Waals surface area contributed by atoms with E-state index in [0.717, 1.165) is 55.2 Å². The van der Waals surface area contributed by atoms with Crippen LogP contribution in [0.25, 0.3) is 0 Å². The Bertz CT molecular complexity index is 804. The molecule has 0 N–H and O–H groups in total. The lowest BCUT2D eigenvalue weighted by molar-refractivity contribution is -0.137. The van der Waals surface area contributed by atoms with Gasteiger partial charge in [0.2, 0.25) is 11.8 Å². The van der Waals surface area contributed by atoms with Gasteiger partial charge in [0.25, 0.3) is 0 Å². The predicted octanol–water partition coefficient (Wildman–Crippen LogP) is 3.30. The van der Waals surface area contributed by atoms with Gasteiger partial charge in [-0.05, 0) is 30.9 Å². The quantitative estimate of drug-likeness (QED) is 0.766. The van der Waals surface area contributed by atoms with Crippen LogP contribution < -0.4 is 0 Å². The Kier molecular flexibility index (Phi) is 6.29. The average molecular weight is 404 g/mol. The number of morpholine rings is 1. The summed E-state index contributed by atoms with van der Waals surface area (Å²) in [5.74, 6) is 1.56. The van der Waals surface area contributed by atoms with Crippen molar-refractivity contribution < 1.29 is 13.9 Å². The van der Waals surface area contributed by atoms with Crippen LogP contribution in [0.15, 0.2) is 34.9 Å². The summed E-state index contributed by atoms with van der Waals surface area (Å²) in [5, 5.41) is 0.723. The fraction of sp³-hybridized carbons (Fsp3) is 0.524. The third kappa shape index (κ3) is 4.57. The van der Waals surface area contributed by atoms with Crippen molar-refractivity contribution in [3.05, 3.63) is 52.7 Å². The van der Waals surface area contributed by atoms with E-state index in [2.05, 4.69) is 9.88 Å². The third-order valence-corrected chi connectivity index (χ3v) is 5.83. The van der Waals surface area contributed by atoms with Crippen molar-refractivity contribution in [3.8, 4) is 0 Å². The van der Waals surface area contributed by atoms with Crippen molar-refractivity contribution >= 4 is 17.5 Å². The molecule has 3 heterocycles. The van der Waals surface area contributed by atoms with E-state index in [1.807, 2.05) is 29.2 Å². The molecule has 0 spiro atoms. The number of piperidine rings is 1. The molecule has 4 rings (SSSR count). The van der Waals surface area contributed by atoms with E-state index in [0.29, 0.717) is 32.1 Å². The van der Waals surface area contributed by atoms with Crippen LogP contribution in [0.1, 0.15) is 42.5 Å². The molecule has 2 saturated heterocycles. The molecule has 0 unspecified atom stereocenters. The maximum Gasteiger partial charge on any atom is 0.237 e. The van der Waals surface area contributed by atoms with Gasteiger partial charge in [-0.2, -0.15) is 0 Å². The van der Waals surface area contributed by atoms with Gasteiger partial charge in [-0.1, -0.05) is 29.8 Å². The number of nitrogens with zero attached hydrogens (tertiary/aromatic N) is 3. The Morgan fingerprint density at radius 1 is 1.18 bits per heavy atom. The molecular formula is C21H26ClN3O3. The lowest BCUT2D eigenvalue weighted by atomic mass is 10.0. The van der Waals surface area contributed by atoms with Crippen molar-refractivity contribution in [2.24, 2.45) is 0 Å². The van der Waals surface area contributed by atoms with E-state index in [4.69, 9.17) is 20.8 Å². The Labute approximate surface area is 170 Å². The van der Waals surface area contributed by atoms with E-state index in [-0.39, 0.29) is 11.9 Å². The third-order valence-electron chi connectivity index (χ3n) is 5.46. The highest BCUT2D eigenvalue weighted by Gasteiger charge is 2.32. The SMILES string of the molecule is O=C(CN1CCOCC1)N1CCCC[C@@H]1c1ncc(Cc2ccccc2Cl)o1. The lowest BCUT2D eigenvalue weighted by Gasteiger charge is -2.36. The van der Waals surface area contributed by atoms with E-state index < -0.39 is 0 Å². The molecule has 1 aromatic carbocycles. The number of rotatable bonds is 5. The van der Waals surface area contributed by atoms with Gasteiger partial charge in [0.1, 0.15) is 11.8 Å². The van der Waals surface area contributed by atoms with Gasteiger partial charge >= 0.3 is 0 Å². The number of likely N-dealkylation sites (tertiary alicyclic amines) is 1. The first-order chi connectivity index (χ1) is 13.7. The van der Waals surface area contributed by atoms with Crippen LogP contribution in [0.3, 0.4) is 0 Å². The highest BCUT2D eigenvalue weighted by Crippen LogP contribution is 2.31. The molecule has 2 aliphatic heterocycles. The van der Waals surface area contributed by atoms with Crippen molar-refractivity contribution in [1.29, 1.82) is 0 Å². The normalized spacial score (nSPS) is 21.0. The van der Waals surface area contributed by atoms with Crippen LogP contribution in [0.4, 0.5) is 0 Å². The van der Waals surface area contributed by atoms with Crippen LogP contribution in [0, 0.1) is 0 Å². The first kappa shape index (κ1) is 19.4. The van der Waals surface area contributed by atoms with Crippen LogP contribution in [0.2, 0.25) is 5.02 Å². The van der Waals surface area contributed by atoms with E-state index >= 15 is 0 Å². The van der Waals surface area contributed by atoms with E-state index in [9.17, 15) is 4.79 Å². The van der Waals surface area contributed by atoms with E-state index in [1.54, 1.807) is 6.20 Å². The summed E-state index contributed by atoms with van der Waals surface area (Å²) in [7, 11) is 0. The molecule has 0 radical (unpaired) electrons. The summed E-state index contributed by atoms with van der Waals surface area (Å²) in [6, 6.07) is 7.66. The molecular weight excluding hydrogens is 378 g/mol. The molecule has 2 aliphatic rings. The fourth-order valence-corrected chi connectivity index (χ4v) is 4.12. The minimum absolute atomic E-state index is 0.0812. The zero-order valence-electron chi connectivity index (χ0n) is 16.0. The fourth-order valence-electron chi connectivity index (χ4n) is 3.92. The Hall–Kier alpha value is -1.89. The van der Waals surface area contributed by atoms with Gasteiger partial charge in [0, 0.05) is 31.1 Å². The summed E-state index contributed by atoms with van der Waals surface area (Å²) >= 11 is 6.26. The molecule has 7 heteroatoms. The first-order valence-electron chi connectivity index (χ1n) is 9.98. The van der Waals surface area contributed by atoms with Gasteiger partial charge < -0.3 is 14.1 Å². The molecule has 2 fully saturated rings. The largest absolute Gasteiger partial charge is 0.443 e. The number of aromatic nitrogens is 1. The summed E-state index contributed by atoms with van der Waals surface area (Å²) in [4.78, 5) is 21.6. The van der Waals surface area contributed by atoms with Crippen LogP contribution >= 0.6 is 11.6 Å².